The number of aromatic amines is 1. The van der Waals surface area contributed by atoms with Crippen LogP contribution in [-0.4, -0.2) is 29.3 Å². The molecule has 1 aromatic carbocycles. The lowest BCUT2D eigenvalue weighted by molar-refractivity contribution is 0.543. The molecule has 0 aliphatic heterocycles. The minimum atomic E-state index is 0.271. The summed E-state index contributed by atoms with van der Waals surface area (Å²) in [6.07, 6.45) is 0. The molecule has 0 saturated carbocycles. The van der Waals surface area contributed by atoms with Crippen LogP contribution in [0.5, 0.6) is 0 Å². The molecular formula is C16H18N6. The number of hydrogen-bond acceptors (Lipinski definition) is 3. The fourth-order valence-corrected chi connectivity index (χ4v) is 2.86. The Morgan fingerprint density at radius 2 is 1.91 bits per heavy atom. The Kier molecular flexibility index (Phi) is 2.63. The SMILES string of the molecule is Cc1nn(C(C)C)c2nc(-c3nc4ccccc4n3C)[nH]c12. The van der Waals surface area contributed by atoms with Gasteiger partial charge in [0.25, 0.3) is 0 Å². The van der Waals surface area contributed by atoms with Gasteiger partial charge >= 0.3 is 0 Å². The van der Waals surface area contributed by atoms with Gasteiger partial charge in [0, 0.05) is 13.1 Å². The lowest BCUT2D eigenvalue weighted by atomic mass is 10.3. The number of benzene rings is 1. The summed E-state index contributed by atoms with van der Waals surface area (Å²) in [6.45, 7) is 6.21. The van der Waals surface area contributed by atoms with E-state index in [2.05, 4.69) is 34.6 Å². The van der Waals surface area contributed by atoms with Gasteiger partial charge in [-0.25, -0.2) is 14.6 Å². The van der Waals surface area contributed by atoms with E-state index in [-0.39, 0.29) is 6.04 Å². The second-order valence-corrected chi connectivity index (χ2v) is 5.89. The smallest absolute Gasteiger partial charge is 0.177 e. The van der Waals surface area contributed by atoms with Crippen LogP contribution in [0.2, 0.25) is 0 Å². The molecular weight excluding hydrogens is 276 g/mol. The van der Waals surface area contributed by atoms with Crippen LogP contribution in [0.1, 0.15) is 25.6 Å². The van der Waals surface area contributed by atoms with Gasteiger partial charge in [0.05, 0.1) is 16.7 Å². The molecule has 3 heterocycles. The van der Waals surface area contributed by atoms with E-state index in [9.17, 15) is 0 Å². The maximum Gasteiger partial charge on any atom is 0.177 e. The van der Waals surface area contributed by atoms with Crippen molar-refractivity contribution in [3.8, 4) is 11.6 Å². The minimum absolute atomic E-state index is 0.271. The predicted molar refractivity (Wildman–Crippen MR) is 86.7 cm³/mol. The maximum absolute atomic E-state index is 4.74. The van der Waals surface area contributed by atoms with E-state index in [1.165, 1.54) is 0 Å². The van der Waals surface area contributed by atoms with Crippen molar-refractivity contribution in [3.05, 3.63) is 30.0 Å². The van der Waals surface area contributed by atoms with E-state index in [1.54, 1.807) is 0 Å². The number of fused-ring (bicyclic) bond motifs is 2. The lowest BCUT2D eigenvalue weighted by Crippen LogP contribution is -2.03. The molecule has 22 heavy (non-hydrogen) atoms. The summed E-state index contributed by atoms with van der Waals surface area (Å²) in [4.78, 5) is 12.8. The fraction of sp³-hybridized carbons (Fsp3) is 0.312. The number of imidazole rings is 2. The number of rotatable bonds is 2. The highest BCUT2D eigenvalue weighted by Crippen LogP contribution is 2.26. The Labute approximate surface area is 127 Å². The summed E-state index contributed by atoms with van der Waals surface area (Å²) < 4.78 is 4.02. The molecule has 0 radical (unpaired) electrons. The third-order valence-corrected chi connectivity index (χ3v) is 4.01. The molecule has 6 nitrogen and oxygen atoms in total. The predicted octanol–water partition coefficient (Wildman–Crippen LogP) is 3.20. The molecule has 0 fully saturated rings. The van der Waals surface area contributed by atoms with Crippen molar-refractivity contribution in [3.63, 3.8) is 0 Å². The van der Waals surface area contributed by atoms with Gasteiger partial charge < -0.3 is 9.55 Å². The third-order valence-electron chi connectivity index (χ3n) is 4.01. The van der Waals surface area contributed by atoms with Crippen molar-refractivity contribution in [2.45, 2.75) is 26.8 Å². The van der Waals surface area contributed by atoms with Crippen LogP contribution in [0.4, 0.5) is 0 Å². The van der Waals surface area contributed by atoms with Gasteiger partial charge in [-0.05, 0) is 32.9 Å². The van der Waals surface area contributed by atoms with Crippen molar-refractivity contribution >= 4 is 22.2 Å². The standard InChI is InChI=1S/C16H18N6/c1-9(2)22-15-13(10(3)20-22)18-14(19-15)16-17-11-7-5-6-8-12(11)21(16)4/h5-9H,1-4H3,(H,18,19). The van der Waals surface area contributed by atoms with E-state index in [0.717, 1.165) is 39.5 Å². The van der Waals surface area contributed by atoms with E-state index in [0.29, 0.717) is 0 Å². The second-order valence-electron chi connectivity index (χ2n) is 5.89. The van der Waals surface area contributed by atoms with E-state index in [1.807, 2.05) is 36.9 Å². The molecule has 6 heteroatoms. The number of aryl methyl sites for hydroxylation is 2. The Morgan fingerprint density at radius 1 is 1.14 bits per heavy atom. The molecule has 0 unspecified atom stereocenters. The molecule has 0 spiro atoms. The monoisotopic (exact) mass is 294 g/mol. The van der Waals surface area contributed by atoms with Crippen LogP contribution in [0, 0.1) is 6.92 Å². The molecule has 3 aromatic heterocycles. The van der Waals surface area contributed by atoms with Gasteiger partial charge in [-0.3, -0.25) is 0 Å². The van der Waals surface area contributed by atoms with Gasteiger partial charge in [0.1, 0.15) is 5.52 Å². The normalized spacial score (nSPS) is 12.0. The Morgan fingerprint density at radius 3 is 2.64 bits per heavy atom. The second kappa shape index (κ2) is 4.43. The number of aromatic nitrogens is 6. The number of nitrogens with zero attached hydrogens (tertiary/aromatic N) is 5. The highest BCUT2D eigenvalue weighted by Gasteiger charge is 2.18. The van der Waals surface area contributed by atoms with Crippen LogP contribution in [0.3, 0.4) is 0 Å². The van der Waals surface area contributed by atoms with Gasteiger partial charge in [-0.1, -0.05) is 12.1 Å². The van der Waals surface area contributed by atoms with E-state index in [4.69, 9.17) is 9.97 Å². The van der Waals surface area contributed by atoms with Gasteiger partial charge in [0.2, 0.25) is 0 Å². The summed E-state index contributed by atoms with van der Waals surface area (Å²) in [5.74, 6) is 1.62. The quantitative estimate of drug-likeness (QED) is 0.617. The van der Waals surface area contributed by atoms with Crippen LogP contribution in [0.25, 0.3) is 33.8 Å². The topological polar surface area (TPSA) is 64.3 Å². The third kappa shape index (κ3) is 1.70. The van der Waals surface area contributed by atoms with E-state index >= 15 is 0 Å². The van der Waals surface area contributed by atoms with Crippen molar-refractivity contribution in [2.75, 3.05) is 0 Å². The van der Waals surface area contributed by atoms with Crippen molar-refractivity contribution in [1.82, 2.24) is 29.3 Å². The molecule has 0 aliphatic rings. The van der Waals surface area contributed by atoms with Gasteiger partial charge in [-0.2, -0.15) is 5.10 Å². The van der Waals surface area contributed by atoms with Gasteiger partial charge in [-0.15, -0.1) is 0 Å². The molecule has 1 N–H and O–H groups in total. The van der Waals surface area contributed by atoms with Crippen LogP contribution < -0.4 is 0 Å². The fourth-order valence-electron chi connectivity index (χ4n) is 2.86. The summed E-state index contributed by atoms with van der Waals surface area (Å²) in [5, 5.41) is 4.54. The van der Waals surface area contributed by atoms with Crippen molar-refractivity contribution < 1.29 is 0 Å². The van der Waals surface area contributed by atoms with E-state index < -0.39 is 0 Å². The van der Waals surface area contributed by atoms with Crippen LogP contribution in [-0.2, 0) is 7.05 Å². The number of para-hydroxylation sites is 2. The summed E-state index contributed by atoms with van der Waals surface area (Å²) in [7, 11) is 2.01. The van der Waals surface area contributed by atoms with Gasteiger partial charge in [0.15, 0.2) is 17.3 Å². The number of H-pyrrole nitrogens is 1. The first-order valence-electron chi connectivity index (χ1n) is 7.43. The molecule has 4 rings (SSSR count). The largest absolute Gasteiger partial charge is 0.332 e. The maximum atomic E-state index is 4.74. The lowest BCUT2D eigenvalue weighted by Gasteiger charge is -2.04. The summed E-state index contributed by atoms with van der Waals surface area (Å²) in [6, 6.07) is 8.37. The molecule has 0 aliphatic carbocycles. The molecule has 4 aromatic rings. The first-order valence-corrected chi connectivity index (χ1v) is 7.43. The molecule has 0 saturated heterocycles. The number of nitrogens with one attached hydrogen (secondary N) is 1. The van der Waals surface area contributed by atoms with Crippen LogP contribution in [0.15, 0.2) is 24.3 Å². The number of hydrogen-bond donors (Lipinski definition) is 1. The molecule has 0 atom stereocenters. The Balaban J connectivity index is 1.97. The summed E-state index contributed by atoms with van der Waals surface area (Å²) in [5.41, 5.74) is 4.90. The zero-order valence-corrected chi connectivity index (χ0v) is 13.1. The Hall–Kier alpha value is -2.63. The first-order chi connectivity index (χ1) is 10.6. The highest BCUT2D eigenvalue weighted by molar-refractivity contribution is 5.82. The zero-order chi connectivity index (χ0) is 15.4. The zero-order valence-electron chi connectivity index (χ0n) is 13.1. The first kappa shape index (κ1) is 13.1. The molecule has 0 bridgehead atoms. The minimum Gasteiger partial charge on any atom is -0.332 e. The average Bonchev–Trinajstić information content (AvgIpc) is 3.14. The Bertz CT molecular complexity index is 985. The average molecular weight is 294 g/mol. The van der Waals surface area contributed by atoms with Crippen LogP contribution >= 0.6 is 0 Å². The van der Waals surface area contributed by atoms with Crippen molar-refractivity contribution in [2.24, 2.45) is 7.05 Å². The van der Waals surface area contributed by atoms with Crippen molar-refractivity contribution in [1.29, 1.82) is 0 Å². The molecule has 112 valence electrons. The summed E-state index contributed by atoms with van der Waals surface area (Å²) >= 11 is 0. The highest BCUT2D eigenvalue weighted by atomic mass is 15.3. The molecule has 0 amide bonds.